The zero-order chi connectivity index (χ0) is 25.8. The summed E-state index contributed by atoms with van der Waals surface area (Å²) in [5.74, 6) is -2.79. The molecule has 0 aliphatic heterocycles. The van der Waals surface area contributed by atoms with Gasteiger partial charge >= 0.3 is 18.3 Å². The summed E-state index contributed by atoms with van der Waals surface area (Å²) in [6, 6.07) is 11.2. The highest BCUT2D eigenvalue weighted by Gasteiger charge is 2.41. The van der Waals surface area contributed by atoms with Gasteiger partial charge in [0.2, 0.25) is 0 Å². The van der Waals surface area contributed by atoms with E-state index >= 15 is 0 Å². The van der Waals surface area contributed by atoms with E-state index in [1.807, 2.05) is 17.4 Å². The Hall–Kier alpha value is -3.83. The molecule has 1 heterocycles. The normalized spacial score (nSPS) is 11.9. The van der Waals surface area contributed by atoms with Crippen molar-refractivity contribution in [2.45, 2.75) is 38.2 Å². The minimum absolute atomic E-state index is 0.0755. The molecular formula is C23H19F6N3O3. The molecule has 0 aliphatic rings. The second-order valence-electron chi connectivity index (χ2n) is 7.62. The molecule has 0 spiro atoms. The number of rotatable bonds is 8. The van der Waals surface area contributed by atoms with Crippen molar-refractivity contribution in [1.82, 2.24) is 9.78 Å². The van der Waals surface area contributed by atoms with Crippen LogP contribution in [0.5, 0.6) is 0 Å². The fraction of sp³-hybridized carbons (Fsp3) is 0.261. The zero-order valence-electron chi connectivity index (χ0n) is 18.0. The quantitative estimate of drug-likeness (QED) is 0.405. The van der Waals surface area contributed by atoms with Gasteiger partial charge < -0.3 is 10.4 Å². The summed E-state index contributed by atoms with van der Waals surface area (Å²) in [7, 11) is 0. The molecule has 3 aromatic rings. The maximum absolute atomic E-state index is 13.8. The second-order valence-corrected chi connectivity index (χ2v) is 7.62. The highest BCUT2D eigenvalue weighted by molar-refractivity contribution is 6.05. The molecule has 2 aromatic carbocycles. The fourth-order valence-corrected chi connectivity index (χ4v) is 3.51. The van der Waals surface area contributed by atoms with Crippen molar-refractivity contribution >= 4 is 17.6 Å². The molecule has 3 rings (SSSR count). The predicted octanol–water partition coefficient (Wildman–Crippen LogP) is 5.43. The van der Waals surface area contributed by atoms with Gasteiger partial charge in [-0.1, -0.05) is 36.4 Å². The highest BCUT2D eigenvalue weighted by atomic mass is 19.4. The Morgan fingerprint density at radius 2 is 1.63 bits per heavy atom. The van der Waals surface area contributed by atoms with Gasteiger partial charge in [-0.15, -0.1) is 0 Å². The van der Waals surface area contributed by atoms with E-state index in [1.54, 1.807) is 18.2 Å². The Kier molecular flexibility index (Phi) is 7.51. The van der Waals surface area contributed by atoms with E-state index in [-0.39, 0.29) is 18.5 Å². The number of anilines is 1. The molecule has 35 heavy (non-hydrogen) atoms. The maximum atomic E-state index is 13.8. The van der Waals surface area contributed by atoms with Gasteiger partial charge in [-0.2, -0.15) is 31.4 Å². The van der Waals surface area contributed by atoms with Crippen LogP contribution >= 0.6 is 0 Å². The van der Waals surface area contributed by atoms with Gasteiger partial charge in [0.25, 0.3) is 5.91 Å². The molecule has 0 unspecified atom stereocenters. The van der Waals surface area contributed by atoms with Crippen LogP contribution in [0.4, 0.5) is 32.0 Å². The van der Waals surface area contributed by atoms with Gasteiger partial charge in [-0.05, 0) is 36.1 Å². The lowest BCUT2D eigenvalue weighted by atomic mass is 10.1. The second kappa shape index (κ2) is 10.2. The average Bonchev–Trinajstić information content (AvgIpc) is 3.18. The first-order valence-electron chi connectivity index (χ1n) is 10.3. The van der Waals surface area contributed by atoms with Crippen molar-refractivity contribution in [3.8, 4) is 0 Å². The monoisotopic (exact) mass is 499 g/mol. The van der Waals surface area contributed by atoms with Crippen LogP contribution in [0.1, 0.15) is 39.2 Å². The van der Waals surface area contributed by atoms with Crippen molar-refractivity contribution in [1.29, 1.82) is 0 Å². The average molecular weight is 499 g/mol. The summed E-state index contributed by atoms with van der Waals surface area (Å²) in [5, 5.41) is 14.4. The van der Waals surface area contributed by atoms with Crippen LogP contribution in [0, 0.1) is 0 Å². The summed E-state index contributed by atoms with van der Waals surface area (Å²) in [4.78, 5) is 23.5. The molecule has 12 heteroatoms. The molecule has 0 fully saturated rings. The standard InChI is InChI=1S/C23H19F6N3O3/c24-22(25,26)17-9-8-15(12-19(33)34)11-18(17)31-21(35)16-13-30-32(20(16)23(27,28)29)10-4-7-14-5-2-1-3-6-14/h1-3,5-6,8-9,11,13H,4,7,10,12H2,(H,31,35)(H,33,34). The van der Waals surface area contributed by atoms with Gasteiger partial charge in [-0.25, -0.2) is 0 Å². The number of amides is 1. The largest absolute Gasteiger partial charge is 0.481 e. The van der Waals surface area contributed by atoms with E-state index in [9.17, 15) is 35.9 Å². The fourth-order valence-electron chi connectivity index (χ4n) is 3.51. The number of carbonyl (C=O) groups is 2. The van der Waals surface area contributed by atoms with Crippen LogP contribution in [0.3, 0.4) is 0 Å². The number of benzene rings is 2. The Morgan fingerprint density at radius 1 is 0.943 bits per heavy atom. The molecule has 0 bridgehead atoms. The number of halogens is 6. The lowest BCUT2D eigenvalue weighted by Crippen LogP contribution is -2.22. The molecule has 186 valence electrons. The van der Waals surface area contributed by atoms with E-state index in [1.165, 1.54) is 0 Å². The highest BCUT2D eigenvalue weighted by Crippen LogP contribution is 2.37. The summed E-state index contributed by atoms with van der Waals surface area (Å²) in [5.41, 5.74) is -3.71. The minimum atomic E-state index is -5.01. The van der Waals surface area contributed by atoms with Crippen molar-refractivity contribution in [2.24, 2.45) is 0 Å². The van der Waals surface area contributed by atoms with E-state index in [0.717, 1.165) is 17.7 Å². The molecule has 0 saturated heterocycles. The maximum Gasteiger partial charge on any atom is 0.433 e. The van der Waals surface area contributed by atoms with E-state index in [0.29, 0.717) is 23.4 Å². The topological polar surface area (TPSA) is 84.2 Å². The Balaban J connectivity index is 1.88. The molecule has 0 saturated carbocycles. The van der Waals surface area contributed by atoms with Crippen molar-refractivity contribution < 1.29 is 41.0 Å². The summed E-state index contributed by atoms with van der Waals surface area (Å²) in [6.07, 6.45) is -9.23. The molecule has 6 nitrogen and oxygen atoms in total. The molecule has 1 aromatic heterocycles. The van der Waals surface area contributed by atoms with Gasteiger partial charge in [-0.3, -0.25) is 14.3 Å². The number of alkyl halides is 6. The Morgan fingerprint density at radius 3 is 2.23 bits per heavy atom. The zero-order valence-corrected chi connectivity index (χ0v) is 18.0. The van der Waals surface area contributed by atoms with Crippen LogP contribution in [-0.2, 0) is 36.5 Å². The van der Waals surface area contributed by atoms with Gasteiger partial charge in [0.1, 0.15) is 0 Å². The van der Waals surface area contributed by atoms with Gasteiger partial charge in [0, 0.05) is 6.54 Å². The lowest BCUT2D eigenvalue weighted by Gasteiger charge is -2.16. The molecule has 2 N–H and O–H groups in total. The third-order valence-electron chi connectivity index (χ3n) is 5.02. The summed E-state index contributed by atoms with van der Waals surface area (Å²) < 4.78 is 82.1. The van der Waals surface area contributed by atoms with Crippen LogP contribution in [0.25, 0.3) is 0 Å². The molecule has 0 radical (unpaired) electrons. The number of aryl methyl sites for hydroxylation is 2. The van der Waals surface area contributed by atoms with Crippen molar-refractivity contribution in [2.75, 3.05) is 5.32 Å². The Labute approximate surface area is 195 Å². The number of carboxylic acid groups (broad SMARTS) is 1. The van der Waals surface area contributed by atoms with Crippen molar-refractivity contribution in [3.63, 3.8) is 0 Å². The minimum Gasteiger partial charge on any atom is -0.481 e. The number of aliphatic carboxylic acids is 1. The van der Waals surface area contributed by atoms with Gasteiger partial charge in [0.05, 0.1) is 29.4 Å². The van der Waals surface area contributed by atoms with E-state index in [2.05, 4.69) is 5.10 Å². The van der Waals surface area contributed by atoms with Crippen LogP contribution in [-0.4, -0.2) is 26.8 Å². The number of hydrogen-bond acceptors (Lipinski definition) is 3. The third kappa shape index (κ3) is 6.61. The van der Waals surface area contributed by atoms with E-state index in [4.69, 9.17) is 5.11 Å². The number of carboxylic acids is 1. The lowest BCUT2D eigenvalue weighted by molar-refractivity contribution is -0.144. The molecule has 0 aliphatic carbocycles. The number of nitrogens with zero attached hydrogens (tertiary/aromatic N) is 2. The SMILES string of the molecule is O=C(O)Cc1ccc(C(F)(F)F)c(NC(=O)c2cnn(CCCc3ccccc3)c2C(F)(F)F)c1. The molecule has 1 amide bonds. The third-order valence-corrected chi connectivity index (χ3v) is 5.02. The van der Waals surface area contributed by atoms with Crippen molar-refractivity contribution in [3.05, 3.63) is 82.7 Å². The first-order chi connectivity index (χ1) is 16.4. The predicted molar refractivity (Wildman–Crippen MR) is 113 cm³/mol. The smallest absolute Gasteiger partial charge is 0.433 e. The summed E-state index contributed by atoms with van der Waals surface area (Å²) >= 11 is 0. The number of aromatic nitrogens is 2. The first kappa shape index (κ1) is 25.8. The van der Waals surface area contributed by atoms with Gasteiger partial charge in [0.15, 0.2) is 5.69 Å². The van der Waals surface area contributed by atoms with Crippen LogP contribution in [0.2, 0.25) is 0 Å². The number of carbonyl (C=O) groups excluding carboxylic acids is 1. The summed E-state index contributed by atoms with van der Waals surface area (Å²) in [6.45, 7) is -0.182. The number of hydrogen-bond donors (Lipinski definition) is 2. The van der Waals surface area contributed by atoms with Crippen LogP contribution in [0.15, 0.2) is 54.7 Å². The Bertz CT molecular complexity index is 1200. The van der Waals surface area contributed by atoms with E-state index < -0.39 is 53.2 Å². The number of nitrogens with one attached hydrogen (secondary N) is 1. The molecular weight excluding hydrogens is 480 g/mol. The van der Waals surface area contributed by atoms with Crippen LogP contribution < -0.4 is 5.32 Å². The first-order valence-corrected chi connectivity index (χ1v) is 10.3. The molecule has 0 atom stereocenters.